The molecule has 2 aromatic carbocycles. The molecule has 2 aromatic rings. The molecule has 0 fully saturated rings. The van der Waals surface area contributed by atoms with Gasteiger partial charge in [0.15, 0.2) is 0 Å². The van der Waals surface area contributed by atoms with Crippen molar-refractivity contribution in [1.29, 1.82) is 0 Å². The van der Waals surface area contributed by atoms with Gasteiger partial charge in [0, 0.05) is 5.92 Å². The van der Waals surface area contributed by atoms with Crippen LogP contribution in [0.25, 0.3) is 11.1 Å². The molecule has 0 aliphatic heterocycles. The summed E-state index contributed by atoms with van der Waals surface area (Å²) in [6.07, 6.45) is 1.19. The van der Waals surface area contributed by atoms with Crippen LogP contribution in [-0.4, -0.2) is 41.8 Å². The summed E-state index contributed by atoms with van der Waals surface area (Å²) in [7, 11) is 0. The van der Waals surface area contributed by atoms with Gasteiger partial charge in [0.25, 0.3) is 0 Å². The lowest BCUT2D eigenvalue weighted by Crippen LogP contribution is -2.56. The fourth-order valence-electron chi connectivity index (χ4n) is 4.26. The Balaban J connectivity index is 1.69. The zero-order chi connectivity index (χ0) is 25.8. The summed E-state index contributed by atoms with van der Waals surface area (Å²) in [5, 5.41) is 14.7. The molecule has 0 heterocycles. The van der Waals surface area contributed by atoms with Crippen LogP contribution >= 0.6 is 0 Å². The Kier molecular flexibility index (Phi) is 7.99. The molecular weight excluding hydrogens is 444 g/mol. The number of nitrogens with one attached hydrogen (secondary N) is 2. The molecule has 0 bridgehead atoms. The summed E-state index contributed by atoms with van der Waals surface area (Å²) in [4.78, 5) is 37.4. The Morgan fingerprint density at radius 1 is 0.971 bits per heavy atom. The van der Waals surface area contributed by atoms with E-state index in [9.17, 15) is 19.5 Å². The normalized spacial score (nSPS) is 14.2. The van der Waals surface area contributed by atoms with Crippen LogP contribution in [0.3, 0.4) is 0 Å². The van der Waals surface area contributed by atoms with Crippen LogP contribution in [-0.2, 0) is 14.3 Å². The zero-order valence-electron chi connectivity index (χ0n) is 20.9. The van der Waals surface area contributed by atoms with Crippen LogP contribution in [0.5, 0.6) is 0 Å². The maximum absolute atomic E-state index is 13.0. The molecule has 3 N–H and O–H groups in total. The van der Waals surface area contributed by atoms with E-state index < -0.39 is 35.5 Å². The van der Waals surface area contributed by atoms with E-state index in [1.165, 1.54) is 0 Å². The number of carbonyl (C=O) groups is 3. The third-order valence-corrected chi connectivity index (χ3v) is 6.11. The van der Waals surface area contributed by atoms with Gasteiger partial charge in [0.2, 0.25) is 5.91 Å². The van der Waals surface area contributed by atoms with E-state index in [1.54, 1.807) is 26.8 Å². The lowest BCUT2D eigenvalue weighted by Gasteiger charge is -2.31. The molecule has 1 aliphatic rings. The first kappa shape index (κ1) is 26.0. The predicted octanol–water partition coefficient (Wildman–Crippen LogP) is 4.87. The molecule has 7 nitrogen and oxygen atoms in total. The number of carbonyl (C=O) groups excluding carboxylic acids is 2. The van der Waals surface area contributed by atoms with Crippen LogP contribution in [0.15, 0.2) is 60.2 Å². The minimum Gasteiger partial charge on any atom is -0.480 e. The maximum atomic E-state index is 13.0. The van der Waals surface area contributed by atoms with Crippen molar-refractivity contribution >= 4 is 18.0 Å². The van der Waals surface area contributed by atoms with E-state index in [0.29, 0.717) is 0 Å². The fraction of sp³-hybridized carbons (Fsp3) is 0.393. The number of ether oxygens (including phenoxy) is 1. The van der Waals surface area contributed by atoms with E-state index in [1.807, 2.05) is 50.2 Å². The molecule has 3 rings (SSSR count). The van der Waals surface area contributed by atoms with Gasteiger partial charge in [-0.15, -0.1) is 0 Å². The molecule has 0 saturated heterocycles. The second kappa shape index (κ2) is 10.8. The molecule has 0 spiro atoms. The summed E-state index contributed by atoms with van der Waals surface area (Å²) in [5.74, 6) is -1.80. The number of alkyl carbamates (subject to hydrolysis) is 1. The highest BCUT2D eigenvalue weighted by atomic mass is 16.5. The fourth-order valence-corrected chi connectivity index (χ4v) is 4.26. The molecule has 2 unspecified atom stereocenters. The molecule has 2 atom stereocenters. The number of hydrogen-bond acceptors (Lipinski definition) is 4. The SMILES string of the molecule is CC(C)=CCC(NC(=O)C(NC(=O)OCC1c2ccccc2-c2ccccc21)C(C)(C)C)C(=O)O. The summed E-state index contributed by atoms with van der Waals surface area (Å²) in [6, 6.07) is 14.0. The van der Waals surface area contributed by atoms with Gasteiger partial charge in [-0.1, -0.05) is 81.0 Å². The highest BCUT2D eigenvalue weighted by molar-refractivity contribution is 5.90. The molecule has 0 aromatic heterocycles. The summed E-state index contributed by atoms with van der Waals surface area (Å²) >= 11 is 0. The van der Waals surface area contributed by atoms with Crippen molar-refractivity contribution in [2.45, 2.75) is 59.0 Å². The number of amides is 2. The summed E-state index contributed by atoms with van der Waals surface area (Å²) in [6.45, 7) is 9.23. The minimum absolute atomic E-state index is 0.101. The van der Waals surface area contributed by atoms with Crippen molar-refractivity contribution in [3.8, 4) is 11.1 Å². The number of hydrogen-bond donors (Lipinski definition) is 3. The Morgan fingerprint density at radius 2 is 1.51 bits per heavy atom. The van der Waals surface area contributed by atoms with Gasteiger partial charge in [0.1, 0.15) is 18.7 Å². The van der Waals surface area contributed by atoms with Crippen molar-refractivity contribution in [3.05, 3.63) is 71.3 Å². The van der Waals surface area contributed by atoms with Crippen molar-refractivity contribution in [2.75, 3.05) is 6.61 Å². The lowest BCUT2D eigenvalue weighted by atomic mass is 9.86. The molecule has 2 amide bonds. The first-order chi connectivity index (χ1) is 16.5. The van der Waals surface area contributed by atoms with Gasteiger partial charge >= 0.3 is 12.1 Å². The Morgan fingerprint density at radius 3 is 2.00 bits per heavy atom. The van der Waals surface area contributed by atoms with E-state index >= 15 is 0 Å². The van der Waals surface area contributed by atoms with E-state index in [-0.39, 0.29) is 18.9 Å². The van der Waals surface area contributed by atoms with Gasteiger partial charge in [-0.2, -0.15) is 0 Å². The average Bonchev–Trinajstić information content (AvgIpc) is 3.11. The predicted molar refractivity (Wildman–Crippen MR) is 135 cm³/mol. The van der Waals surface area contributed by atoms with Crippen LogP contribution in [0.1, 0.15) is 58.1 Å². The van der Waals surface area contributed by atoms with Gasteiger partial charge in [-0.25, -0.2) is 9.59 Å². The van der Waals surface area contributed by atoms with Crippen molar-refractivity contribution in [3.63, 3.8) is 0 Å². The van der Waals surface area contributed by atoms with E-state index in [4.69, 9.17) is 4.74 Å². The van der Waals surface area contributed by atoms with Crippen molar-refractivity contribution < 1.29 is 24.2 Å². The molecule has 35 heavy (non-hydrogen) atoms. The minimum atomic E-state index is -1.13. The summed E-state index contributed by atoms with van der Waals surface area (Å²) < 4.78 is 5.59. The zero-order valence-corrected chi connectivity index (χ0v) is 20.9. The quantitative estimate of drug-likeness (QED) is 0.470. The third-order valence-electron chi connectivity index (χ3n) is 6.11. The Labute approximate surface area is 206 Å². The van der Waals surface area contributed by atoms with Crippen LogP contribution < -0.4 is 10.6 Å². The largest absolute Gasteiger partial charge is 0.480 e. The molecular formula is C28H34N2O5. The Bertz CT molecular complexity index is 1080. The monoisotopic (exact) mass is 478 g/mol. The van der Waals surface area contributed by atoms with Crippen molar-refractivity contribution in [1.82, 2.24) is 10.6 Å². The first-order valence-electron chi connectivity index (χ1n) is 11.8. The lowest BCUT2D eigenvalue weighted by molar-refractivity contribution is -0.142. The highest BCUT2D eigenvalue weighted by Crippen LogP contribution is 2.44. The standard InChI is InChI=1S/C28H34N2O5/c1-17(2)14-15-23(26(32)33)29-25(31)24(28(3,4)5)30-27(34)35-16-22-20-12-8-6-10-18(20)19-11-7-9-13-21(19)22/h6-14,22-24H,15-16H2,1-5H3,(H,29,31)(H,30,34)(H,32,33). The van der Waals surface area contributed by atoms with Crippen LogP contribution in [0.2, 0.25) is 0 Å². The highest BCUT2D eigenvalue weighted by Gasteiger charge is 2.36. The number of rotatable bonds is 8. The second-order valence-corrected chi connectivity index (χ2v) is 10.2. The first-order valence-corrected chi connectivity index (χ1v) is 11.8. The third kappa shape index (κ3) is 6.29. The molecule has 0 saturated carbocycles. The molecule has 0 radical (unpaired) electrons. The van der Waals surface area contributed by atoms with Gasteiger partial charge in [-0.05, 0) is 47.9 Å². The van der Waals surface area contributed by atoms with Gasteiger partial charge < -0.3 is 20.5 Å². The smallest absolute Gasteiger partial charge is 0.407 e. The second-order valence-electron chi connectivity index (χ2n) is 10.2. The van der Waals surface area contributed by atoms with E-state index in [0.717, 1.165) is 27.8 Å². The Hall–Kier alpha value is -3.61. The topological polar surface area (TPSA) is 105 Å². The van der Waals surface area contributed by atoms with Gasteiger partial charge in [0.05, 0.1) is 0 Å². The van der Waals surface area contributed by atoms with Gasteiger partial charge in [-0.3, -0.25) is 4.79 Å². The van der Waals surface area contributed by atoms with Crippen molar-refractivity contribution in [2.24, 2.45) is 5.41 Å². The summed E-state index contributed by atoms with van der Waals surface area (Å²) in [5.41, 5.74) is 4.72. The molecule has 1 aliphatic carbocycles. The number of carboxylic acid groups (broad SMARTS) is 1. The number of carboxylic acids is 1. The van der Waals surface area contributed by atoms with Crippen LogP contribution in [0, 0.1) is 5.41 Å². The number of fused-ring (bicyclic) bond motifs is 3. The van der Waals surface area contributed by atoms with E-state index in [2.05, 4.69) is 22.8 Å². The molecule has 186 valence electrons. The maximum Gasteiger partial charge on any atom is 0.407 e. The van der Waals surface area contributed by atoms with Crippen LogP contribution in [0.4, 0.5) is 4.79 Å². The number of benzene rings is 2. The molecule has 7 heteroatoms. The average molecular weight is 479 g/mol. The number of allylic oxidation sites excluding steroid dienone is 1. The number of aliphatic carboxylic acids is 1.